The van der Waals surface area contributed by atoms with Gasteiger partial charge in [0.15, 0.2) is 0 Å². The van der Waals surface area contributed by atoms with Crippen LogP contribution in [0.1, 0.15) is 44.9 Å². The highest BCUT2D eigenvalue weighted by Gasteiger charge is 2.27. The Morgan fingerprint density at radius 1 is 1.05 bits per heavy atom. The van der Waals surface area contributed by atoms with Gasteiger partial charge in [-0.2, -0.15) is 0 Å². The van der Waals surface area contributed by atoms with Crippen molar-refractivity contribution in [2.24, 2.45) is 5.92 Å². The van der Waals surface area contributed by atoms with Crippen LogP contribution < -0.4 is 16.0 Å². The van der Waals surface area contributed by atoms with Gasteiger partial charge in [-0.25, -0.2) is 4.79 Å². The molecule has 114 valence electrons. The molecule has 2 fully saturated rings. The average Bonchev–Trinajstić information content (AvgIpc) is 3.22. The Hall–Kier alpha value is -1.30. The molecule has 4 N–H and O–H groups in total. The molecule has 2 saturated carbocycles. The maximum Gasteiger partial charge on any atom is 0.315 e. The van der Waals surface area contributed by atoms with Crippen LogP contribution in [0.3, 0.4) is 0 Å². The van der Waals surface area contributed by atoms with Gasteiger partial charge in [0, 0.05) is 18.6 Å². The molecule has 2 rings (SSSR count). The fourth-order valence-corrected chi connectivity index (χ4v) is 2.67. The van der Waals surface area contributed by atoms with E-state index in [9.17, 15) is 9.59 Å². The summed E-state index contributed by atoms with van der Waals surface area (Å²) in [5.74, 6) is -1.06. The lowest BCUT2D eigenvalue weighted by Crippen LogP contribution is -2.45. The summed E-state index contributed by atoms with van der Waals surface area (Å²) >= 11 is 0. The first-order valence-corrected chi connectivity index (χ1v) is 7.65. The Morgan fingerprint density at radius 2 is 1.85 bits per heavy atom. The zero-order valence-corrected chi connectivity index (χ0v) is 11.9. The summed E-state index contributed by atoms with van der Waals surface area (Å²) in [4.78, 5) is 22.7. The van der Waals surface area contributed by atoms with Gasteiger partial charge in [-0.15, -0.1) is 0 Å². The smallest absolute Gasteiger partial charge is 0.315 e. The van der Waals surface area contributed by atoms with Crippen molar-refractivity contribution in [3.63, 3.8) is 0 Å². The number of carbonyl (C=O) groups excluding carboxylic acids is 1. The largest absolute Gasteiger partial charge is 0.481 e. The number of urea groups is 1. The van der Waals surface area contributed by atoms with Crippen LogP contribution >= 0.6 is 0 Å². The Bertz CT molecular complexity index is 345. The Kier molecular flexibility index (Phi) is 5.64. The van der Waals surface area contributed by atoms with E-state index in [2.05, 4.69) is 16.0 Å². The van der Waals surface area contributed by atoms with E-state index in [1.807, 2.05) is 0 Å². The van der Waals surface area contributed by atoms with Gasteiger partial charge >= 0.3 is 12.0 Å². The molecule has 20 heavy (non-hydrogen) atoms. The van der Waals surface area contributed by atoms with Gasteiger partial charge in [-0.3, -0.25) is 4.79 Å². The van der Waals surface area contributed by atoms with Gasteiger partial charge in [0.1, 0.15) is 0 Å². The second-order valence-corrected chi connectivity index (χ2v) is 5.88. The minimum atomic E-state index is -0.747. The van der Waals surface area contributed by atoms with Gasteiger partial charge in [0.05, 0.1) is 5.92 Å². The maximum absolute atomic E-state index is 11.7. The first kappa shape index (κ1) is 15.1. The van der Waals surface area contributed by atoms with Crippen LogP contribution in [0.15, 0.2) is 0 Å². The lowest BCUT2D eigenvalue weighted by molar-refractivity contribution is -0.143. The van der Waals surface area contributed by atoms with Crippen LogP contribution in [0.25, 0.3) is 0 Å². The second-order valence-electron chi connectivity index (χ2n) is 5.88. The third-order valence-corrected chi connectivity index (χ3v) is 4.01. The Morgan fingerprint density at radius 3 is 2.55 bits per heavy atom. The van der Waals surface area contributed by atoms with Gasteiger partial charge in [0.25, 0.3) is 0 Å². The standard InChI is InChI=1S/C14H25N3O3/c18-13(19)10-3-1-4-12(9-10)17-14(20)16-8-2-7-15-11-5-6-11/h10-12,15H,1-9H2,(H,18,19)(H2,16,17,20). The molecule has 2 amide bonds. The van der Waals surface area contributed by atoms with Crippen LogP contribution in [-0.4, -0.2) is 42.3 Å². The molecule has 0 spiro atoms. The van der Waals surface area contributed by atoms with Gasteiger partial charge < -0.3 is 21.1 Å². The van der Waals surface area contributed by atoms with E-state index in [0.717, 1.165) is 32.2 Å². The number of carboxylic acid groups (broad SMARTS) is 1. The Labute approximate surface area is 119 Å². The molecule has 0 aromatic heterocycles. The molecule has 0 radical (unpaired) electrons. The molecule has 0 saturated heterocycles. The molecular weight excluding hydrogens is 258 g/mol. The van der Waals surface area contributed by atoms with Crippen molar-refractivity contribution in [1.29, 1.82) is 0 Å². The van der Waals surface area contributed by atoms with Crippen LogP contribution in [0.2, 0.25) is 0 Å². The van der Waals surface area contributed by atoms with Gasteiger partial charge in [0.2, 0.25) is 0 Å². The van der Waals surface area contributed by atoms with Crippen molar-refractivity contribution in [3.05, 3.63) is 0 Å². The number of rotatable bonds is 7. The molecule has 2 atom stereocenters. The molecule has 0 bridgehead atoms. The summed E-state index contributed by atoms with van der Waals surface area (Å²) in [7, 11) is 0. The SMILES string of the molecule is O=C(NCCCNC1CC1)NC1CCCC(C(=O)O)C1. The molecule has 2 unspecified atom stereocenters. The lowest BCUT2D eigenvalue weighted by atomic mass is 9.86. The van der Waals surface area contributed by atoms with E-state index in [1.54, 1.807) is 0 Å². The van der Waals surface area contributed by atoms with Crippen molar-refractivity contribution in [2.45, 2.75) is 57.0 Å². The summed E-state index contributed by atoms with van der Waals surface area (Å²) in [6.07, 6.45) is 6.49. The molecule has 6 heteroatoms. The summed E-state index contributed by atoms with van der Waals surface area (Å²) in [6, 6.07) is 0.529. The number of hydrogen-bond donors (Lipinski definition) is 4. The summed E-state index contributed by atoms with van der Waals surface area (Å²) in [6.45, 7) is 1.59. The third-order valence-electron chi connectivity index (χ3n) is 4.01. The van der Waals surface area contributed by atoms with Crippen molar-refractivity contribution >= 4 is 12.0 Å². The van der Waals surface area contributed by atoms with Gasteiger partial charge in [-0.05, 0) is 45.1 Å². The quantitative estimate of drug-likeness (QED) is 0.526. The van der Waals surface area contributed by atoms with Crippen molar-refractivity contribution in [3.8, 4) is 0 Å². The van der Waals surface area contributed by atoms with Crippen LogP contribution in [0.5, 0.6) is 0 Å². The third kappa shape index (κ3) is 5.36. The molecule has 2 aliphatic carbocycles. The summed E-state index contributed by atoms with van der Waals surface area (Å²) in [5.41, 5.74) is 0. The monoisotopic (exact) mass is 283 g/mol. The molecular formula is C14H25N3O3. The van der Waals surface area contributed by atoms with E-state index in [0.29, 0.717) is 19.0 Å². The number of amides is 2. The number of nitrogens with one attached hydrogen (secondary N) is 3. The van der Waals surface area contributed by atoms with Crippen LogP contribution in [0, 0.1) is 5.92 Å². The zero-order chi connectivity index (χ0) is 14.4. The average molecular weight is 283 g/mol. The molecule has 0 aromatic carbocycles. The van der Waals surface area contributed by atoms with Crippen molar-refractivity contribution in [2.75, 3.05) is 13.1 Å². The number of carboxylic acids is 1. The van der Waals surface area contributed by atoms with E-state index in [1.165, 1.54) is 12.8 Å². The zero-order valence-electron chi connectivity index (χ0n) is 11.9. The van der Waals surface area contributed by atoms with E-state index >= 15 is 0 Å². The molecule has 0 heterocycles. The topological polar surface area (TPSA) is 90.5 Å². The van der Waals surface area contributed by atoms with E-state index in [4.69, 9.17) is 5.11 Å². The number of carbonyl (C=O) groups is 2. The molecule has 0 aliphatic heterocycles. The number of aliphatic carboxylic acids is 1. The highest BCUT2D eigenvalue weighted by molar-refractivity contribution is 5.74. The predicted octanol–water partition coefficient (Wildman–Crippen LogP) is 1.07. The first-order chi connectivity index (χ1) is 9.65. The van der Waals surface area contributed by atoms with Gasteiger partial charge in [-0.1, -0.05) is 6.42 Å². The van der Waals surface area contributed by atoms with E-state index in [-0.39, 0.29) is 18.0 Å². The maximum atomic E-state index is 11.7. The fourth-order valence-electron chi connectivity index (χ4n) is 2.67. The Balaban J connectivity index is 1.54. The van der Waals surface area contributed by atoms with Crippen molar-refractivity contribution in [1.82, 2.24) is 16.0 Å². The van der Waals surface area contributed by atoms with Crippen LogP contribution in [0.4, 0.5) is 4.79 Å². The first-order valence-electron chi connectivity index (χ1n) is 7.65. The lowest BCUT2D eigenvalue weighted by Gasteiger charge is -2.27. The minimum Gasteiger partial charge on any atom is -0.481 e. The highest BCUT2D eigenvalue weighted by atomic mass is 16.4. The van der Waals surface area contributed by atoms with E-state index < -0.39 is 5.97 Å². The molecule has 2 aliphatic rings. The molecule has 6 nitrogen and oxygen atoms in total. The fraction of sp³-hybridized carbons (Fsp3) is 0.857. The normalized spacial score (nSPS) is 26.0. The molecule has 0 aromatic rings. The number of hydrogen-bond acceptors (Lipinski definition) is 3. The summed E-state index contributed by atoms with van der Waals surface area (Å²) < 4.78 is 0. The second kappa shape index (κ2) is 7.47. The minimum absolute atomic E-state index is 0.00515. The predicted molar refractivity (Wildman–Crippen MR) is 75.6 cm³/mol. The van der Waals surface area contributed by atoms with Crippen LogP contribution in [-0.2, 0) is 4.79 Å². The highest BCUT2D eigenvalue weighted by Crippen LogP contribution is 2.24. The van der Waals surface area contributed by atoms with Crippen molar-refractivity contribution < 1.29 is 14.7 Å². The summed E-state index contributed by atoms with van der Waals surface area (Å²) in [5, 5.41) is 18.1.